The minimum Gasteiger partial charge on any atom is -0.458 e. The van der Waals surface area contributed by atoms with E-state index in [0.717, 1.165) is 10.5 Å². The van der Waals surface area contributed by atoms with Gasteiger partial charge in [0, 0.05) is 6.42 Å². The standard InChI is InChI=1S/C19H23N3O6/c1-18(2,3)28-14(23)13-9-19(15(24)20-16(25)21-19)11-22(13)17(26)27-10-12-7-5-4-6-8-12/h4-8,13H,9-11H2,1-3H3,(H2,20,21,24,25)/t13-,19+/m1/s1. The molecule has 0 saturated carbocycles. The fourth-order valence-electron chi connectivity index (χ4n) is 3.26. The van der Waals surface area contributed by atoms with Crippen molar-refractivity contribution in [3.05, 3.63) is 35.9 Å². The topological polar surface area (TPSA) is 114 Å². The van der Waals surface area contributed by atoms with Gasteiger partial charge in [-0.3, -0.25) is 15.0 Å². The molecule has 1 aromatic rings. The van der Waals surface area contributed by atoms with Crippen molar-refractivity contribution in [1.82, 2.24) is 15.5 Å². The van der Waals surface area contributed by atoms with Crippen LogP contribution in [0.2, 0.25) is 0 Å². The van der Waals surface area contributed by atoms with Gasteiger partial charge in [-0.15, -0.1) is 0 Å². The number of carbonyl (C=O) groups is 4. The number of urea groups is 1. The number of hydrogen-bond donors (Lipinski definition) is 2. The Balaban J connectivity index is 1.78. The predicted octanol–water partition coefficient (Wildman–Crippen LogP) is 1.32. The molecule has 0 radical (unpaired) electrons. The summed E-state index contributed by atoms with van der Waals surface area (Å²) in [6.07, 6.45) is -0.842. The number of rotatable bonds is 3. The van der Waals surface area contributed by atoms with Gasteiger partial charge in [0.25, 0.3) is 5.91 Å². The van der Waals surface area contributed by atoms with Crippen molar-refractivity contribution in [2.75, 3.05) is 6.54 Å². The van der Waals surface area contributed by atoms with Crippen molar-refractivity contribution in [2.24, 2.45) is 0 Å². The molecule has 2 aliphatic rings. The zero-order valence-electron chi connectivity index (χ0n) is 16.0. The van der Waals surface area contributed by atoms with Crippen molar-refractivity contribution < 1.29 is 28.7 Å². The normalized spacial score (nSPS) is 24.1. The summed E-state index contributed by atoms with van der Waals surface area (Å²) in [5, 5.41) is 4.68. The van der Waals surface area contributed by atoms with Crippen LogP contribution in [0.15, 0.2) is 30.3 Å². The van der Waals surface area contributed by atoms with Gasteiger partial charge in [-0.25, -0.2) is 14.4 Å². The van der Waals surface area contributed by atoms with E-state index < -0.39 is 41.2 Å². The van der Waals surface area contributed by atoms with E-state index in [0.29, 0.717) is 0 Å². The number of likely N-dealkylation sites (tertiary alicyclic amines) is 1. The van der Waals surface area contributed by atoms with Gasteiger partial charge < -0.3 is 14.8 Å². The van der Waals surface area contributed by atoms with Crippen LogP contribution in [0.1, 0.15) is 32.8 Å². The van der Waals surface area contributed by atoms with Gasteiger partial charge in [0.05, 0.1) is 6.54 Å². The van der Waals surface area contributed by atoms with Crippen LogP contribution in [0.25, 0.3) is 0 Å². The monoisotopic (exact) mass is 389 g/mol. The lowest BCUT2D eigenvalue weighted by atomic mass is 9.96. The summed E-state index contributed by atoms with van der Waals surface area (Å²) in [4.78, 5) is 50.4. The Bertz CT molecular complexity index is 804. The number of hydrogen-bond acceptors (Lipinski definition) is 6. The molecule has 1 aromatic carbocycles. The highest BCUT2D eigenvalue weighted by Crippen LogP contribution is 2.32. The summed E-state index contributed by atoms with van der Waals surface area (Å²) in [7, 11) is 0. The largest absolute Gasteiger partial charge is 0.458 e. The summed E-state index contributed by atoms with van der Waals surface area (Å²) in [6.45, 7) is 4.96. The maximum absolute atomic E-state index is 12.7. The molecular formula is C19H23N3O6. The third-order valence-corrected chi connectivity index (χ3v) is 4.49. The third-order valence-electron chi connectivity index (χ3n) is 4.49. The van der Waals surface area contributed by atoms with Gasteiger partial charge >= 0.3 is 18.1 Å². The number of ether oxygens (including phenoxy) is 2. The number of imide groups is 1. The average molecular weight is 389 g/mol. The van der Waals surface area contributed by atoms with Crippen LogP contribution in [0.4, 0.5) is 9.59 Å². The minimum absolute atomic E-state index is 0.0166. The Morgan fingerprint density at radius 1 is 1.21 bits per heavy atom. The Kier molecular flexibility index (Phi) is 5.01. The molecule has 1 spiro atoms. The average Bonchev–Trinajstić information content (AvgIpc) is 3.12. The quantitative estimate of drug-likeness (QED) is 0.595. The fraction of sp³-hybridized carbons (Fsp3) is 0.474. The number of nitrogens with zero attached hydrogens (tertiary/aromatic N) is 1. The van der Waals surface area contributed by atoms with Crippen molar-refractivity contribution in [3.63, 3.8) is 0 Å². The van der Waals surface area contributed by atoms with E-state index in [1.54, 1.807) is 32.9 Å². The highest BCUT2D eigenvalue weighted by Gasteiger charge is 2.58. The summed E-state index contributed by atoms with van der Waals surface area (Å²) >= 11 is 0. The molecule has 3 rings (SSSR count). The van der Waals surface area contributed by atoms with E-state index in [9.17, 15) is 19.2 Å². The first-order valence-electron chi connectivity index (χ1n) is 8.93. The molecule has 0 aromatic heterocycles. The molecule has 28 heavy (non-hydrogen) atoms. The van der Waals surface area contributed by atoms with Gasteiger partial charge in [-0.1, -0.05) is 30.3 Å². The molecule has 2 aliphatic heterocycles. The number of carbonyl (C=O) groups excluding carboxylic acids is 4. The van der Waals surface area contributed by atoms with E-state index in [1.807, 2.05) is 18.2 Å². The van der Waals surface area contributed by atoms with Crippen molar-refractivity contribution in [3.8, 4) is 0 Å². The van der Waals surface area contributed by atoms with Crippen LogP contribution < -0.4 is 10.6 Å². The SMILES string of the molecule is CC(C)(C)OC(=O)[C@H]1C[C@@]2(CN1C(=O)OCc1ccccc1)NC(=O)NC2=O. The molecule has 2 atom stereocenters. The van der Waals surface area contributed by atoms with Crippen LogP contribution in [-0.4, -0.2) is 52.6 Å². The second kappa shape index (κ2) is 7.14. The number of amides is 4. The van der Waals surface area contributed by atoms with E-state index in [2.05, 4.69) is 10.6 Å². The Labute approximate surface area is 162 Å². The van der Waals surface area contributed by atoms with Crippen LogP contribution in [-0.2, 0) is 25.7 Å². The first-order chi connectivity index (χ1) is 13.1. The molecule has 0 unspecified atom stereocenters. The molecule has 4 amide bonds. The summed E-state index contributed by atoms with van der Waals surface area (Å²) in [6, 6.07) is 7.37. The first-order valence-corrected chi connectivity index (χ1v) is 8.93. The molecule has 0 bridgehead atoms. The lowest BCUT2D eigenvalue weighted by Crippen LogP contribution is -2.49. The zero-order valence-corrected chi connectivity index (χ0v) is 16.0. The summed E-state index contributed by atoms with van der Waals surface area (Å²) in [5.74, 6) is -1.24. The molecule has 9 heteroatoms. The lowest BCUT2D eigenvalue weighted by Gasteiger charge is -2.26. The van der Waals surface area contributed by atoms with Gasteiger partial charge in [-0.05, 0) is 26.3 Å². The number of esters is 1. The second-order valence-electron chi connectivity index (χ2n) is 7.91. The predicted molar refractivity (Wildman–Crippen MR) is 97.0 cm³/mol. The smallest absolute Gasteiger partial charge is 0.410 e. The van der Waals surface area contributed by atoms with E-state index >= 15 is 0 Å². The second-order valence-corrected chi connectivity index (χ2v) is 7.91. The Hall–Kier alpha value is -3.10. The number of nitrogens with one attached hydrogen (secondary N) is 2. The summed E-state index contributed by atoms with van der Waals surface area (Å²) in [5.41, 5.74) is -1.36. The number of benzene rings is 1. The van der Waals surface area contributed by atoms with Gasteiger partial charge in [-0.2, -0.15) is 0 Å². The molecule has 150 valence electrons. The summed E-state index contributed by atoms with van der Waals surface area (Å²) < 4.78 is 10.7. The van der Waals surface area contributed by atoms with Crippen molar-refractivity contribution in [1.29, 1.82) is 0 Å². The first kappa shape index (κ1) is 19.7. The molecule has 2 N–H and O–H groups in total. The van der Waals surface area contributed by atoms with Gasteiger partial charge in [0.15, 0.2) is 0 Å². The van der Waals surface area contributed by atoms with Gasteiger partial charge in [0.2, 0.25) is 0 Å². The maximum atomic E-state index is 12.7. The highest BCUT2D eigenvalue weighted by atomic mass is 16.6. The van der Waals surface area contributed by atoms with Crippen LogP contribution in [0, 0.1) is 0 Å². The zero-order chi connectivity index (χ0) is 20.5. The fourth-order valence-corrected chi connectivity index (χ4v) is 3.26. The van der Waals surface area contributed by atoms with Crippen molar-refractivity contribution >= 4 is 24.0 Å². The van der Waals surface area contributed by atoms with E-state index in [-0.39, 0.29) is 19.6 Å². The molecule has 2 saturated heterocycles. The molecule has 0 aliphatic carbocycles. The van der Waals surface area contributed by atoms with E-state index in [4.69, 9.17) is 9.47 Å². The van der Waals surface area contributed by atoms with Crippen LogP contribution in [0.3, 0.4) is 0 Å². The minimum atomic E-state index is -1.37. The Morgan fingerprint density at radius 2 is 1.89 bits per heavy atom. The molecule has 2 fully saturated rings. The van der Waals surface area contributed by atoms with Crippen molar-refractivity contribution in [2.45, 2.75) is 51.0 Å². The third kappa shape index (κ3) is 4.08. The van der Waals surface area contributed by atoms with Crippen LogP contribution in [0.5, 0.6) is 0 Å². The van der Waals surface area contributed by atoms with Crippen LogP contribution >= 0.6 is 0 Å². The molecular weight excluding hydrogens is 366 g/mol. The van der Waals surface area contributed by atoms with Gasteiger partial charge in [0.1, 0.15) is 23.8 Å². The molecule has 9 nitrogen and oxygen atoms in total. The Morgan fingerprint density at radius 3 is 2.46 bits per heavy atom. The van der Waals surface area contributed by atoms with E-state index in [1.165, 1.54) is 0 Å². The highest BCUT2D eigenvalue weighted by molar-refractivity contribution is 6.08. The molecule has 2 heterocycles. The maximum Gasteiger partial charge on any atom is 0.410 e. The lowest BCUT2D eigenvalue weighted by molar-refractivity contribution is -0.159.